The second-order valence-corrected chi connectivity index (χ2v) is 9.11. The van der Waals surface area contributed by atoms with Crippen LogP contribution in [0.1, 0.15) is 50.2 Å². The van der Waals surface area contributed by atoms with E-state index in [0.717, 1.165) is 24.0 Å². The Morgan fingerprint density at radius 1 is 1.11 bits per heavy atom. The number of aromatic nitrogens is 2. The van der Waals surface area contributed by atoms with Crippen molar-refractivity contribution in [3.8, 4) is 0 Å². The number of hydrogen-bond acceptors (Lipinski definition) is 6. The van der Waals surface area contributed by atoms with Crippen molar-refractivity contribution < 1.29 is 14.0 Å². The summed E-state index contributed by atoms with van der Waals surface area (Å²) < 4.78 is 13.2. The van der Waals surface area contributed by atoms with E-state index in [2.05, 4.69) is 33.9 Å². The van der Waals surface area contributed by atoms with E-state index in [1.54, 1.807) is 47.4 Å². The van der Waals surface area contributed by atoms with Crippen molar-refractivity contribution in [3.05, 3.63) is 71.7 Å². The molecule has 2 aromatic rings. The summed E-state index contributed by atoms with van der Waals surface area (Å²) in [6, 6.07) is 6.32. The molecule has 0 aliphatic rings. The smallest absolute Gasteiger partial charge is 0.274 e. The molecule has 0 saturated heterocycles. The van der Waals surface area contributed by atoms with Gasteiger partial charge in [0.05, 0.1) is 12.4 Å². The van der Waals surface area contributed by atoms with Crippen molar-refractivity contribution in [1.82, 2.24) is 20.2 Å². The summed E-state index contributed by atoms with van der Waals surface area (Å²) in [5.41, 5.74) is 2.12. The molecule has 0 bridgehead atoms. The number of carbonyl (C=O) groups is 2. The maximum atomic E-state index is 13.2. The molecule has 0 spiro atoms. The lowest BCUT2D eigenvalue weighted by Crippen LogP contribution is -2.35. The summed E-state index contributed by atoms with van der Waals surface area (Å²) in [4.78, 5) is 38.4. The molecule has 0 radical (unpaired) electrons. The molecule has 1 heterocycles. The lowest BCUT2D eigenvalue weighted by molar-refractivity contribution is -0.121. The van der Waals surface area contributed by atoms with Gasteiger partial charge in [0, 0.05) is 42.9 Å². The highest BCUT2D eigenvalue weighted by atomic mass is 32.2. The van der Waals surface area contributed by atoms with Crippen molar-refractivity contribution in [1.29, 1.82) is 0 Å². The third-order valence-electron chi connectivity index (χ3n) is 5.15. The van der Waals surface area contributed by atoms with E-state index < -0.39 is 5.91 Å². The van der Waals surface area contributed by atoms with E-state index in [9.17, 15) is 14.0 Å². The molecular weight excluding hydrogens is 465 g/mol. The van der Waals surface area contributed by atoms with E-state index in [4.69, 9.17) is 0 Å². The summed E-state index contributed by atoms with van der Waals surface area (Å²) in [6.45, 7) is 6.27. The van der Waals surface area contributed by atoms with Crippen LogP contribution in [0.4, 0.5) is 4.39 Å². The molecule has 0 saturated carbocycles. The van der Waals surface area contributed by atoms with Gasteiger partial charge in [-0.15, -0.1) is 11.8 Å². The Hall–Kier alpha value is -3.07. The first-order chi connectivity index (χ1) is 17.0. The van der Waals surface area contributed by atoms with Crippen LogP contribution in [-0.4, -0.2) is 52.4 Å². The van der Waals surface area contributed by atoms with Crippen molar-refractivity contribution in [2.24, 2.45) is 4.99 Å². The van der Waals surface area contributed by atoms with E-state index in [-0.39, 0.29) is 24.7 Å². The standard InChI is InChI=1S/C26H34FN5O2S/c1-3-4-5-6-7-12-31-25(33)17-32(20-35-18-21-8-10-24(27)11-9-21)16-23(26(34)28-2)13-22-14-29-19-30-15-22/h8-11,14-16,19H,2-7,12-13,17-18,20H2,1H3,(H,31,33)/b23-16-. The van der Waals surface area contributed by atoms with Crippen molar-refractivity contribution >= 4 is 30.3 Å². The Labute approximate surface area is 211 Å². The van der Waals surface area contributed by atoms with Crippen LogP contribution < -0.4 is 5.32 Å². The Kier molecular flexibility index (Phi) is 13.3. The minimum Gasteiger partial charge on any atom is -0.359 e. The molecular formula is C26H34FN5O2S. The average molecular weight is 500 g/mol. The molecule has 1 aromatic heterocycles. The summed E-state index contributed by atoms with van der Waals surface area (Å²) in [6.07, 6.45) is 12.2. The number of nitrogens with zero attached hydrogens (tertiary/aromatic N) is 4. The molecule has 35 heavy (non-hydrogen) atoms. The molecule has 0 aliphatic carbocycles. The molecule has 1 aromatic carbocycles. The first-order valence-corrected chi connectivity index (χ1v) is 13.0. The van der Waals surface area contributed by atoms with Crippen LogP contribution in [0.15, 0.2) is 59.8 Å². The zero-order valence-corrected chi connectivity index (χ0v) is 21.1. The fraction of sp³-hybridized carbons (Fsp3) is 0.423. The molecule has 9 heteroatoms. The van der Waals surface area contributed by atoms with Crippen LogP contribution in [0.3, 0.4) is 0 Å². The number of carbonyl (C=O) groups excluding carboxylic acids is 2. The van der Waals surface area contributed by atoms with Gasteiger partial charge in [-0.1, -0.05) is 44.7 Å². The third-order valence-corrected chi connectivity index (χ3v) is 6.21. The number of unbranched alkanes of at least 4 members (excludes halogenated alkanes) is 4. The molecule has 0 atom stereocenters. The van der Waals surface area contributed by atoms with Crippen molar-refractivity contribution in [2.75, 3.05) is 19.0 Å². The van der Waals surface area contributed by atoms with E-state index in [1.807, 2.05) is 0 Å². The molecule has 0 fully saturated rings. The highest BCUT2D eigenvalue weighted by Crippen LogP contribution is 2.16. The number of thioether (sulfide) groups is 1. The van der Waals surface area contributed by atoms with Crippen molar-refractivity contribution in [2.45, 2.75) is 51.2 Å². The topological polar surface area (TPSA) is 87.5 Å². The minimum absolute atomic E-state index is 0.102. The number of hydrogen-bond donors (Lipinski definition) is 1. The molecule has 2 amide bonds. The maximum Gasteiger partial charge on any atom is 0.274 e. The van der Waals surface area contributed by atoms with Crippen LogP contribution in [0, 0.1) is 5.82 Å². The van der Waals surface area contributed by atoms with E-state index in [0.29, 0.717) is 23.7 Å². The Morgan fingerprint density at radius 2 is 1.83 bits per heavy atom. The predicted octanol–water partition coefficient (Wildman–Crippen LogP) is 4.55. The first-order valence-electron chi connectivity index (χ1n) is 11.8. The Balaban J connectivity index is 2.05. The second kappa shape index (κ2) is 16.5. The fourth-order valence-electron chi connectivity index (χ4n) is 3.33. The third kappa shape index (κ3) is 11.8. The largest absolute Gasteiger partial charge is 0.359 e. The minimum atomic E-state index is -0.460. The predicted molar refractivity (Wildman–Crippen MR) is 139 cm³/mol. The van der Waals surface area contributed by atoms with Gasteiger partial charge >= 0.3 is 0 Å². The zero-order valence-electron chi connectivity index (χ0n) is 20.3. The lowest BCUT2D eigenvalue weighted by Gasteiger charge is -2.21. The molecule has 7 nitrogen and oxygen atoms in total. The van der Waals surface area contributed by atoms with Crippen LogP contribution in [0.5, 0.6) is 0 Å². The van der Waals surface area contributed by atoms with Gasteiger partial charge in [0.25, 0.3) is 5.91 Å². The van der Waals surface area contributed by atoms with Gasteiger partial charge in [0.1, 0.15) is 12.1 Å². The summed E-state index contributed by atoms with van der Waals surface area (Å²) in [7, 11) is 0. The molecule has 0 unspecified atom stereocenters. The average Bonchev–Trinajstić information content (AvgIpc) is 2.87. The quantitative estimate of drug-likeness (QED) is 0.158. The molecule has 188 valence electrons. The number of amides is 2. The molecule has 0 aliphatic heterocycles. The number of nitrogens with one attached hydrogen (secondary N) is 1. The maximum absolute atomic E-state index is 13.2. The van der Waals surface area contributed by atoms with Gasteiger partial charge in [-0.3, -0.25) is 9.59 Å². The van der Waals surface area contributed by atoms with E-state index in [1.165, 1.54) is 37.7 Å². The SMILES string of the molecule is C=NC(=O)/C(=C\N(CSCc1ccc(F)cc1)CC(=O)NCCCCCCC)Cc1cncnc1. The van der Waals surface area contributed by atoms with Crippen LogP contribution in [-0.2, 0) is 21.8 Å². The lowest BCUT2D eigenvalue weighted by atomic mass is 10.1. The van der Waals surface area contributed by atoms with E-state index >= 15 is 0 Å². The van der Waals surface area contributed by atoms with Gasteiger partial charge in [-0.25, -0.2) is 19.4 Å². The summed E-state index contributed by atoms with van der Waals surface area (Å²) >= 11 is 1.56. The Morgan fingerprint density at radius 3 is 2.51 bits per heavy atom. The molecule has 2 rings (SSSR count). The van der Waals surface area contributed by atoms with Gasteiger partial charge < -0.3 is 10.2 Å². The fourth-order valence-corrected chi connectivity index (χ4v) is 4.25. The highest BCUT2D eigenvalue weighted by Gasteiger charge is 2.14. The summed E-state index contributed by atoms with van der Waals surface area (Å²) in [5.74, 6) is 0.249. The molecule has 1 N–H and O–H groups in total. The monoisotopic (exact) mass is 499 g/mol. The van der Waals surface area contributed by atoms with Crippen LogP contribution >= 0.6 is 11.8 Å². The summed E-state index contributed by atoms with van der Waals surface area (Å²) in [5, 5.41) is 2.97. The van der Waals surface area contributed by atoms with Gasteiger partial charge in [-0.05, 0) is 36.4 Å². The second-order valence-electron chi connectivity index (χ2n) is 8.16. The first kappa shape index (κ1) is 28.2. The Bertz CT molecular complexity index is 954. The van der Waals surface area contributed by atoms with Crippen LogP contribution in [0.25, 0.3) is 0 Å². The van der Waals surface area contributed by atoms with Gasteiger partial charge in [0.15, 0.2) is 0 Å². The normalized spacial score (nSPS) is 11.2. The number of halogens is 1. The number of benzene rings is 1. The van der Waals surface area contributed by atoms with Crippen LogP contribution in [0.2, 0.25) is 0 Å². The number of rotatable bonds is 16. The van der Waals surface area contributed by atoms with Crippen molar-refractivity contribution in [3.63, 3.8) is 0 Å². The highest BCUT2D eigenvalue weighted by molar-refractivity contribution is 7.98. The van der Waals surface area contributed by atoms with Gasteiger partial charge in [0.2, 0.25) is 5.91 Å². The zero-order chi connectivity index (χ0) is 25.3. The number of aliphatic imine (C=N–C) groups is 1. The van der Waals surface area contributed by atoms with Gasteiger partial charge in [-0.2, -0.15) is 0 Å².